The van der Waals surface area contributed by atoms with Crippen molar-refractivity contribution in [2.75, 3.05) is 49.7 Å². The molecule has 0 aliphatic carbocycles. The van der Waals surface area contributed by atoms with Crippen LogP contribution in [-0.4, -0.2) is 45.4 Å². The van der Waals surface area contributed by atoms with E-state index in [-0.39, 0.29) is 11.7 Å². The first-order valence-electron chi connectivity index (χ1n) is 10.1. The second-order valence-electron chi connectivity index (χ2n) is 6.63. The second-order valence-corrected chi connectivity index (χ2v) is 6.63. The normalized spacial score (nSPS) is 14.0. The van der Waals surface area contributed by atoms with Gasteiger partial charge in [-0.25, -0.2) is 4.39 Å². The first-order chi connectivity index (χ1) is 14.6. The molecular formula is C23H27FN2O4. The molecule has 1 aliphatic rings. The molecule has 1 saturated heterocycles. The summed E-state index contributed by atoms with van der Waals surface area (Å²) >= 11 is 0. The van der Waals surface area contributed by atoms with Crippen molar-refractivity contribution in [2.45, 2.75) is 13.8 Å². The Hall–Kier alpha value is -3.06. The van der Waals surface area contributed by atoms with Crippen LogP contribution in [0.1, 0.15) is 19.4 Å². The number of hydrogen-bond donors (Lipinski definition) is 1. The lowest BCUT2D eigenvalue weighted by Crippen LogP contribution is -2.36. The van der Waals surface area contributed by atoms with Gasteiger partial charge in [0.2, 0.25) is 5.91 Å². The number of benzene rings is 2. The lowest BCUT2D eigenvalue weighted by molar-refractivity contribution is -0.111. The Morgan fingerprint density at radius 3 is 2.53 bits per heavy atom. The molecular weight excluding hydrogens is 387 g/mol. The number of carbonyl (C=O) groups excluding carboxylic acids is 1. The van der Waals surface area contributed by atoms with E-state index in [4.69, 9.17) is 14.2 Å². The third-order valence-corrected chi connectivity index (χ3v) is 4.59. The molecule has 1 fully saturated rings. The summed E-state index contributed by atoms with van der Waals surface area (Å²) in [5, 5.41) is 2.82. The van der Waals surface area contributed by atoms with Crippen LogP contribution in [0.5, 0.6) is 11.5 Å². The Morgan fingerprint density at radius 1 is 1.13 bits per heavy atom. The van der Waals surface area contributed by atoms with Crippen molar-refractivity contribution in [1.29, 1.82) is 0 Å². The van der Waals surface area contributed by atoms with E-state index in [1.54, 1.807) is 24.3 Å². The zero-order chi connectivity index (χ0) is 21.3. The van der Waals surface area contributed by atoms with E-state index in [1.807, 2.05) is 19.9 Å². The predicted molar refractivity (Wildman–Crippen MR) is 116 cm³/mol. The second kappa shape index (κ2) is 10.6. The molecule has 2 aromatic carbocycles. The summed E-state index contributed by atoms with van der Waals surface area (Å²) in [5.74, 6) is 0.442. The molecule has 0 spiro atoms. The zero-order valence-electron chi connectivity index (χ0n) is 17.3. The number of nitrogens with zero attached hydrogens (tertiary/aromatic N) is 1. The number of amides is 1. The molecule has 0 radical (unpaired) electrons. The number of rotatable bonds is 8. The number of morpholine rings is 1. The quantitative estimate of drug-likeness (QED) is 0.659. The van der Waals surface area contributed by atoms with Crippen LogP contribution < -0.4 is 19.7 Å². The first kappa shape index (κ1) is 21.6. The van der Waals surface area contributed by atoms with Crippen LogP contribution in [-0.2, 0) is 9.53 Å². The minimum atomic E-state index is -0.388. The van der Waals surface area contributed by atoms with Gasteiger partial charge in [-0.3, -0.25) is 4.79 Å². The van der Waals surface area contributed by atoms with Gasteiger partial charge in [0, 0.05) is 36.9 Å². The van der Waals surface area contributed by atoms with Crippen molar-refractivity contribution in [3.63, 3.8) is 0 Å². The van der Waals surface area contributed by atoms with E-state index in [9.17, 15) is 9.18 Å². The third-order valence-electron chi connectivity index (χ3n) is 4.59. The van der Waals surface area contributed by atoms with E-state index in [1.165, 1.54) is 18.2 Å². The van der Waals surface area contributed by atoms with Crippen LogP contribution in [0.2, 0.25) is 0 Å². The maximum Gasteiger partial charge on any atom is 0.248 e. The summed E-state index contributed by atoms with van der Waals surface area (Å²) < 4.78 is 30.8. The molecule has 1 N–H and O–H groups in total. The smallest absolute Gasteiger partial charge is 0.248 e. The zero-order valence-corrected chi connectivity index (χ0v) is 17.3. The first-order valence-corrected chi connectivity index (χ1v) is 10.1. The maximum absolute atomic E-state index is 13.8. The lowest BCUT2D eigenvalue weighted by Gasteiger charge is -2.31. The van der Waals surface area contributed by atoms with Crippen molar-refractivity contribution in [2.24, 2.45) is 0 Å². The third kappa shape index (κ3) is 5.51. The number of anilines is 2. The number of nitrogens with one attached hydrogen (secondary N) is 1. The van der Waals surface area contributed by atoms with Gasteiger partial charge in [-0.2, -0.15) is 0 Å². The fourth-order valence-electron chi connectivity index (χ4n) is 3.19. The lowest BCUT2D eigenvalue weighted by atomic mass is 10.2. The molecule has 0 atom stereocenters. The average molecular weight is 414 g/mol. The standard InChI is InChI=1S/C23H27FN2O4/c1-3-29-21-16-20(26-11-13-28-14-12-26)22(30-4-2)15-19(21)25-23(27)10-9-17-7-5-6-8-18(17)24/h5-10,15-16H,3-4,11-14H2,1-2H3,(H,25,27). The molecule has 6 nitrogen and oxygen atoms in total. The highest BCUT2D eigenvalue weighted by Gasteiger charge is 2.20. The average Bonchev–Trinajstić information content (AvgIpc) is 2.76. The summed E-state index contributed by atoms with van der Waals surface area (Å²) in [7, 11) is 0. The van der Waals surface area contributed by atoms with Crippen LogP contribution in [0.3, 0.4) is 0 Å². The molecule has 30 heavy (non-hydrogen) atoms. The highest BCUT2D eigenvalue weighted by molar-refractivity contribution is 6.03. The molecule has 7 heteroatoms. The summed E-state index contributed by atoms with van der Waals surface area (Å²) in [6.45, 7) is 7.54. The molecule has 1 aliphatic heterocycles. The van der Waals surface area contributed by atoms with E-state index >= 15 is 0 Å². The van der Waals surface area contributed by atoms with Crippen molar-refractivity contribution in [3.05, 3.63) is 53.9 Å². The van der Waals surface area contributed by atoms with Gasteiger partial charge >= 0.3 is 0 Å². The minimum Gasteiger partial charge on any atom is -0.492 e. The Balaban J connectivity index is 1.85. The van der Waals surface area contributed by atoms with E-state index in [0.717, 1.165) is 18.8 Å². The van der Waals surface area contributed by atoms with Gasteiger partial charge in [0.25, 0.3) is 0 Å². The summed E-state index contributed by atoms with van der Waals surface area (Å²) in [4.78, 5) is 14.6. The van der Waals surface area contributed by atoms with Crippen LogP contribution >= 0.6 is 0 Å². The Kier molecular flexibility index (Phi) is 7.68. The topological polar surface area (TPSA) is 60.0 Å². The van der Waals surface area contributed by atoms with Gasteiger partial charge in [-0.05, 0) is 26.0 Å². The van der Waals surface area contributed by atoms with Crippen LogP contribution in [0.4, 0.5) is 15.8 Å². The van der Waals surface area contributed by atoms with Gasteiger partial charge in [-0.1, -0.05) is 18.2 Å². The van der Waals surface area contributed by atoms with Gasteiger partial charge in [0.05, 0.1) is 37.8 Å². The van der Waals surface area contributed by atoms with E-state index < -0.39 is 0 Å². The van der Waals surface area contributed by atoms with Crippen molar-refractivity contribution in [1.82, 2.24) is 0 Å². The van der Waals surface area contributed by atoms with Gasteiger partial charge < -0.3 is 24.4 Å². The van der Waals surface area contributed by atoms with Gasteiger partial charge in [0.15, 0.2) is 0 Å². The van der Waals surface area contributed by atoms with E-state index in [0.29, 0.717) is 49.2 Å². The van der Waals surface area contributed by atoms with E-state index in [2.05, 4.69) is 10.2 Å². The largest absolute Gasteiger partial charge is 0.492 e. The molecule has 1 amide bonds. The monoisotopic (exact) mass is 414 g/mol. The minimum absolute atomic E-state index is 0.343. The fraction of sp³-hybridized carbons (Fsp3) is 0.348. The molecule has 0 aromatic heterocycles. The van der Waals surface area contributed by atoms with Crippen molar-refractivity contribution in [3.8, 4) is 11.5 Å². The molecule has 1 heterocycles. The Morgan fingerprint density at radius 2 is 1.83 bits per heavy atom. The molecule has 3 rings (SSSR count). The number of halogens is 1. The molecule has 0 unspecified atom stereocenters. The number of hydrogen-bond acceptors (Lipinski definition) is 5. The molecule has 2 aromatic rings. The summed E-state index contributed by atoms with van der Waals surface area (Å²) in [6, 6.07) is 9.93. The summed E-state index contributed by atoms with van der Waals surface area (Å²) in [5.41, 5.74) is 1.75. The van der Waals surface area contributed by atoms with Crippen molar-refractivity contribution >= 4 is 23.4 Å². The highest BCUT2D eigenvalue weighted by Crippen LogP contribution is 2.39. The number of carbonyl (C=O) groups is 1. The van der Waals surface area contributed by atoms with Crippen LogP contribution in [0.15, 0.2) is 42.5 Å². The maximum atomic E-state index is 13.8. The van der Waals surface area contributed by atoms with Gasteiger partial charge in [0.1, 0.15) is 17.3 Å². The molecule has 0 saturated carbocycles. The number of ether oxygens (including phenoxy) is 3. The van der Waals surface area contributed by atoms with Gasteiger partial charge in [-0.15, -0.1) is 0 Å². The molecule has 0 bridgehead atoms. The SMILES string of the molecule is CCOc1cc(N2CCOCC2)c(OCC)cc1NC(=O)C=Cc1ccccc1F. The fourth-order valence-corrected chi connectivity index (χ4v) is 3.19. The van der Waals surface area contributed by atoms with Crippen molar-refractivity contribution < 1.29 is 23.4 Å². The predicted octanol–water partition coefficient (Wildman–Crippen LogP) is 4.11. The summed E-state index contributed by atoms with van der Waals surface area (Å²) in [6.07, 6.45) is 2.74. The van der Waals surface area contributed by atoms with Crippen LogP contribution in [0.25, 0.3) is 6.08 Å². The molecule has 160 valence electrons. The Labute approximate surface area is 176 Å². The highest BCUT2D eigenvalue weighted by atomic mass is 19.1. The van der Waals surface area contributed by atoms with Crippen LogP contribution in [0, 0.1) is 5.82 Å². The Bertz CT molecular complexity index is 895.